The summed E-state index contributed by atoms with van der Waals surface area (Å²) >= 11 is 1.88. The third kappa shape index (κ3) is 5.64. The zero-order valence-electron chi connectivity index (χ0n) is 10.9. The van der Waals surface area contributed by atoms with Gasteiger partial charge in [0.05, 0.1) is 0 Å². The number of thioether (sulfide) groups is 1. The highest BCUT2D eigenvalue weighted by Gasteiger charge is 2.26. The quantitative estimate of drug-likeness (QED) is 0.814. The van der Waals surface area contributed by atoms with Gasteiger partial charge in [-0.1, -0.05) is 0 Å². The molecule has 1 fully saturated rings. The molecule has 17 heavy (non-hydrogen) atoms. The number of alkyl carbamates (subject to hydrolysis) is 1. The van der Waals surface area contributed by atoms with Crippen LogP contribution in [0.15, 0.2) is 0 Å². The number of hydrogen-bond donors (Lipinski definition) is 2. The molecule has 1 heterocycles. The Morgan fingerprint density at radius 2 is 2.18 bits per heavy atom. The van der Waals surface area contributed by atoms with Gasteiger partial charge in [0.25, 0.3) is 0 Å². The van der Waals surface area contributed by atoms with E-state index in [4.69, 9.17) is 4.74 Å². The molecule has 0 aliphatic carbocycles. The van der Waals surface area contributed by atoms with Crippen LogP contribution in [0.5, 0.6) is 0 Å². The fraction of sp³-hybridized carbons (Fsp3) is 0.917. The lowest BCUT2D eigenvalue weighted by Gasteiger charge is -2.30. The molecule has 100 valence electrons. The maximum atomic E-state index is 11.5. The van der Waals surface area contributed by atoms with Gasteiger partial charge in [-0.3, -0.25) is 0 Å². The van der Waals surface area contributed by atoms with E-state index in [1.807, 2.05) is 32.5 Å². The molecule has 1 amide bonds. The van der Waals surface area contributed by atoms with E-state index < -0.39 is 5.60 Å². The van der Waals surface area contributed by atoms with E-state index in [9.17, 15) is 9.90 Å². The number of aliphatic hydroxyl groups is 1. The van der Waals surface area contributed by atoms with Crippen molar-refractivity contribution in [3.63, 3.8) is 0 Å². The standard InChI is InChI=1S/C12H23NO3S/c1-12(2,3)16-11(15)13-6-10-8-17-5-4-9(10)7-14/h9-10,14H,4-8H2,1-3H3,(H,13,15)/t9-,10+/m0/s1. The molecule has 0 saturated carbocycles. The Morgan fingerprint density at radius 1 is 1.47 bits per heavy atom. The highest BCUT2D eigenvalue weighted by atomic mass is 32.2. The van der Waals surface area contributed by atoms with Crippen molar-refractivity contribution in [1.29, 1.82) is 0 Å². The monoisotopic (exact) mass is 261 g/mol. The largest absolute Gasteiger partial charge is 0.444 e. The van der Waals surface area contributed by atoms with E-state index in [-0.39, 0.29) is 12.7 Å². The average molecular weight is 261 g/mol. The number of hydrogen-bond acceptors (Lipinski definition) is 4. The van der Waals surface area contributed by atoms with Crippen LogP contribution in [0.1, 0.15) is 27.2 Å². The van der Waals surface area contributed by atoms with Crippen LogP contribution in [-0.4, -0.2) is 41.5 Å². The van der Waals surface area contributed by atoms with Gasteiger partial charge in [-0.05, 0) is 50.5 Å². The van der Waals surface area contributed by atoms with Gasteiger partial charge in [0, 0.05) is 13.2 Å². The summed E-state index contributed by atoms with van der Waals surface area (Å²) in [6.07, 6.45) is 0.659. The average Bonchev–Trinajstić information content (AvgIpc) is 2.24. The molecule has 0 aromatic rings. The summed E-state index contributed by atoms with van der Waals surface area (Å²) in [6.45, 7) is 6.34. The lowest BCUT2D eigenvalue weighted by molar-refractivity contribution is 0.0508. The molecule has 2 N–H and O–H groups in total. The molecule has 0 aromatic carbocycles. The van der Waals surface area contributed by atoms with Crippen LogP contribution in [0.4, 0.5) is 4.79 Å². The van der Waals surface area contributed by atoms with Crippen LogP contribution in [-0.2, 0) is 4.74 Å². The molecule has 0 bridgehead atoms. The Balaban J connectivity index is 2.31. The van der Waals surface area contributed by atoms with Crippen molar-refractivity contribution < 1.29 is 14.6 Å². The minimum Gasteiger partial charge on any atom is -0.444 e. The SMILES string of the molecule is CC(C)(C)OC(=O)NC[C@@H]1CSCC[C@H]1CO. The minimum atomic E-state index is -0.457. The molecule has 0 unspecified atom stereocenters. The lowest BCUT2D eigenvalue weighted by atomic mass is 9.92. The normalized spacial score (nSPS) is 25.4. The molecule has 1 saturated heterocycles. The molecule has 2 atom stereocenters. The van der Waals surface area contributed by atoms with E-state index in [1.165, 1.54) is 0 Å². The van der Waals surface area contributed by atoms with Crippen molar-refractivity contribution >= 4 is 17.9 Å². The summed E-state index contributed by atoms with van der Waals surface area (Å²) in [5.74, 6) is 2.77. The van der Waals surface area contributed by atoms with Gasteiger partial charge in [0.2, 0.25) is 0 Å². The van der Waals surface area contributed by atoms with Crippen molar-refractivity contribution in [2.45, 2.75) is 32.8 Å². The first-order valence-electron chi connectivity index (χ1n) is 6.08. The van der Waals surface area contributed by atoms with Crippen LogP contribution in [0, 0.1) is 11.8 Å². The van der Waals surface area contributed by atoms with E-state index in [2.05, 4.69) is 5.32 Å². The fourth-order valence-corrected chi connectivity index (χ4v) is 3.16. The molecule has 0 spiro atoms. The predicted octanol–water partition coefficient (Wildman–Crippen LogP) is 1.87. The molecule has 1 aliphatic heterocycles. The molecule has 4 nitrogen and oxygen atoms in total. The van der Waals surface area contributed by atoms with Gasteiger partial charge in [0.15, 0.2) is 0 Å². The Morgan fingerprint density at radius 3 is 2.76 bits per heavy atom. The van der Waals surface area contributed by atoms with E-state index >= 15 is 0 Å². The van der Waals surface area contributed by atoms with E-state index in [1.54, 1.807) is 0 Å². The third-order valence-corrected chi connectivity index (χ3v) is 3.96. The Labute approximate surface area is 107 Å². The molecule has 5 heteroatoms. The number of nitrogens with one attached hydrogen (secondary N) is 1. The van der Waals surface area contributed by atoms with Gasteiger partial charge in [-0.2, -0.15) is 11.8 Å². The maximum Gasteiger partial charge on any atom is 0.407 e. The van der Waals surface area contributed by atoms with Crippen LogP contribution in [0.2, 0.25) is 0 Å². The number of carbonyl (C=O) groups is 1. The van der Waals surface area contributed by atoms with Gasteiger partial charge in [-0.25, -0.2) is 4.79 Å². The minimum absolute atomic E-state index is 0.210. The first-order chi connectivity index (χ1) is 7.92. The number of carbonyl (C=O) groups excluding carboxylic acids is 1. The third-order valence-electron chi connectivity index (χ3n) is 2.77. The molecule has 0 aromatic heterocycles. The van der Waals surface area contributed by atoms with Gasteiger partial charge >= 0.3 is 6.09 Å². The van der Waals surface area contributed by atoms with Crippen molar-refractivity contribution in [3.8, 4) is 0 Å². The molecule has 0 radical (unpaired) electrons. The molecule has 1 rings (SSSR count). The first-order valence-corrected chi connectivity index (χ1v) is 7.23. The number of rotatable bonds is 3. The van der Waals surface area contributed by atoms with Gasteiger partial charge in [0.1, 0.15) is 5.60 Å². The zero-order valence-corrected chi connectivity index (χ0v) is 11.7. The number of aliphatic hydroxyl groups excluding tert-OH is 1. The number of ether oxygens (including phenoxy) is 1. The smallest absolute Gasteiger partial charge is 0.407 e. The maximum absolute atomic E-state index is 11.5. The Hall–Kier alpha value is -0.420. The zero-order chi connectivity index (χ0) is 12.9. The summed E-state index contributed by atoms with van der Waals surface area (Å²) in [5.41, 5.74) is -0.457. The van der Waals surface area contributed by atoms with Crippen LogP contribution < -0.4 is 5.32 Å². The lowest BCUT2D eigenvalue weighted by Crippen LogP contribution is -2.39. The summed E-state index contributed by atoms with van der Waals surface area (Å²) < 4.78 is 5.18. The van der Waals surface area contributed by atoms with Crippen molar-refractivity contribution in [2.24, 2.45) is 11.8 Å². The summed E-state index contributed by atoms with van der Waals surface area (Å²) in [7, 11) is 0. The summed E-state index contributed by atoms with van der Waals surface area (Å²) in [6, 6.07) is 0. The summed E-state index contributed by atoms with van der Waals surface area (Å²) in [4.78, 5) is 11.5. The first kappa shape index (κ1) is 14.6. The van der Waals surface area contributed by atoms with Crippen molar-refractivity contribution in [3.05, 3.63) is 0 Å². The van der Waals surface area contributed by atoms with Gasteiger partial charge in [-0.15, -0.1) is 0 Å². The number of amides is 1. The van der Waals surface area contributed by atoms with Crippen LogP contribution in [0.25, 0.3) is 0 Å². The van der Waals surface area contributed by atoms with Gasteiger partial charge < -0.3 is 15.2 Å². The Bertz CT molecular complexity index is 253. The van der Waals surface area contributed by atoms with Crippen LogP contribution >= 0.6 is 11.8 Å². The highest BCUT2D eigenvalue weighted by molar-refractivity contribution is 7.99. The second-order valence-corrected chi connectivity index (χ2v) is 6.60. The fourth-order valence-electron chi connectivity index (χ4n) is 1.84. The topological polar surface area (TPSA) is 58.6 Å². The van der Waals surface area contributed by atoms with E-state index in [0.29, 0.717) is 18.4 Å². The highest BCUT2D eigenvalue weighted by Crippen LogP contribution is 2.27. The van der Waals surface area contributed by atoms with Crippen LogP contribution in [0.3, 0.4) is 0 Å². The summed E-state index contributed by atoms with van der Waals surface area (Å²) in [5, 5.41) is 12.0. The second kappa shape index (κ2) is 6.50. The van der Waals surface area contributed by atoms with E-state index in [0.717, 1.165) is 17.9 Å². The van der Waals surface area contributed by atoms with Crippen molar-refractivity contribution in [2.75, 3.05) is 24.7 Å². The molecule has 1 aliphatic rings. The second-order valence-electron chi connectivity index (χ2n) is 5.45. The molecular formula is C12H23NO3S. The Kier molecular flexibility index (Phi) is 5.59. The predicted molar refractivity (Wildman–Crippen MR) is 70.2 cm³/mol. The molecular weight excluding hydrogens is 238 g/mol. The van der Waals surface area contributed by atoms with Crippen molar-refractivity contribution in [1.82, 2.24) is 5.32 Å².